The van der Waals surface area contributed by atoms with Crippen molar-refractivity contribution in [1.29, 1.82) is 0 Å². The van der Waals surface area contributed by atoms with E-state index in [1.807, 2.05) is 6.07 Å². The third kappa shape index (κ3) is 4.50. The Morgan fingerprint density at radius 3 is 1.88 bits per heavy atom. The molecular weight excluding hydrogens is 619 g/mol. The highest BCUT2D eigenvalue weighted by molar-refractivity contribution is 6.18. The third-order valence-corrected chi connectivity index (χ3v) is 10.9. The second kappa shape index (κ2) is 11.3. The number of fused-ring (bicyclic) bond motifs is 8. The Morgan fingerprint density at radius 1 is 0.412 bits per heavy atom. The molecule has 8 aromatic carbocycles. The van der Waals surface area contributed by atoms with E-state index in [1.54, 1.807) is 0 Å². The van der Waals surface area contributed by atoms with Gasteiger partial charge >= 0.3 is 0 Å². The molecule has 0 bridgehead atoms. The summed E-state index contributed by atoms with van der Waals surface area (Å²) < 4.78 is 6.57. The Labute approximate surface area is 297 Å². The molecule has 2 nitrogen and oxygen atoms in total. The van der Waals surface area contributed by atoms with Crippen molar-refractivity contribution < 1.29 is 4.42 Å². The van der Waals surface area contributed by atoms with Gasteiger partial charge in [-0.3, -0.25) is 0 Å². The van der Waals surface area contributed by atoms with Gasteiger partial charge in [0.15, 0.2) is 0 Å². The first-order valence-corrected chi connectivity index (χ1v) is 17.7. The Balaban J connectivity index is 1.26. The molecule has 2 heteroatoms. The number of hydrogen-bond donors (Lipinski definition) is 0. The number of hydrogen-bond acceptors (Lipinski definition) is 2. The number of para-hydroxylation sites is 2. The molecule has 1 heterocycles. The van der Waals surface area contributed by atoms with Crippen molar-refractivity contribution >= 4 is 49.8 Å². The molecule has 0 saturated heterocycles. The van der Waals surface area contributed by atoms with Crippen molar-refractivity contribution in [1.82, 2.24) is 0 Å². The Kier molecular flexibility index (Phi) is 6.56. The van der Waals surface area contributed by atoms with Gasteiger partial charge in [-0.2, -0.15) is 0 Å². The lowest BCUT2D eigenvalue weighted by molar-refractivity contribution is 0.660. The normalized spacial score (nSPS) is 13.1. The van der Waals surface area contributed by atoms with Crippen LogP contribution in [-0.4, -0.2) is 0 Å². The first-order valence-electron chi connectivity index (χ1n) is 17.7. The molecule has 0 amide bonds. The molecule has 51 heavy (non-hydrogen) atoms. The molecule has 1 aliphatic carbocycles. The van der Waals surface area contributed by atoms with Gasteiger partial charge in [-0.15, -0.1) is 0 Å². The molecule has 0 saturated carbocycles. The van der Waals surface area contributed by atoms with E-state index in [1.165, 1.54) is 44.5 Å². The van der Waals surface area contributed by atoms with Crippen LogP contribution in [0.4, 0.5) is 17.1 Å². The zero-order valence-electron chi connectivity index (χ0n) is 28.6. The van der Waals surface area contributed by atoms with E-state index in [9.17, 15) is 0 Å². The predicted molar refractivity (Wildman–Crippen MR) is 214 cm³/mol. The fraction of sp³-hybridized carbons (Fsp3) is 0.0612. The summed E-state index contributed by atoms with van der Waals surface area (Å²) in [4.78, 5) is 2.47. The van der Waals surface area contributed by atoms with E-state index in [0.717, 1.165) is 49.8 Å². The maximum absolute atomic E-state index is 6.57. The van der Waals surface area contributed by atoms with Gasteiger partial charge in [0.1, 0.15) is 11.2 Å². The summed E-state index contributed by atoms with van der Waals surface area (Å²) in [5.41, 5.74) is 15.2. The van der Waals surface area contributed by atoms with Gasteiger partial charge in [-0.05, 0) is 75.3 Å². The molecule has 0 unspecified atom stereocenters. The molecule has 0 N–H and O–H groups in total. The van der Waals surface area contributed by atoms with Gasteiger partial charge in [-0.1, -0.05) is 153 Å². The quantitative estimate of drug-likeness (QED) is 0.184. The van der Waals surface area contributed by atoms with Gasteiger partial charge in [0.2, 0.25) is 0 Å². The summed E-state index contributed by atoms with van der Waals surface area (Å²) in [7, 11) is 0. The van der Waals surface area contributed by atoms with Gasteiger partial charge in [0.05, 0.1) is 11.4 Å². The predicted octanol–water partition coefficient (Wildman–Crippen LogP) is 13.8. The van der Waals surface area contributed by atoms with Crippen LogP contribution >= 0.6 is 0 Å². The minimum Gasteiger partial charge on any atom is -0.455 e. The van der Waals surface area contributed by atoms with Gasteiger partial charge in [0, 0.05) is 38.2 Å². The fourth-order valence-corrected chi connectivity index (χ4v) is 8.44. The molecule has 1 aliphatic rings. The summed E-state index contributed by atoms with van der Waals surface area (Å²) >= 11 is 0. The highest BCUT2D eigenvalue weighted by Crippen LogP contribution is 2.52. The Hall–Kier alpha value is -6.38. The second-order valence-corrected chi connectivity index (χ2v) is 14.1. The lowest BCUT2D eigenvalue weighted by Crippen LogP contribution is -2.17. The van der Waals surface area contributed by atoms with Crippen LogP contribution in [0.15, 0.2) is 180 Å². The first kappa shape index (κ1) is 29.5. The van der Waals surface area contributed by atoms with Crippen LogP contribution in [0.5, 0.6) is 0 Å². The fourth-order valence-electron chi connectivity index (χ4n) is 8.44. The van der Waals surface area contributed by atoms with Crippen LogP contribution < -0.4 is 4.90 Å². The van der Waals surface area contributed by atoms with Crippen LogP contribution in [0.1, 0.15) is 25.0 Å². The topological polar surface area (TPSA) is 16.4 Å². The molecule has 0 aliphatic heterocycles. The maximum atomic E-state index is 6.57. The zero-order chi connectivity index (χ0) is 34.1. The summed E-state index contributed by atoms with van der Waals surface area (Å²) in [6.07, 6.45) is 0. The van der Waals surface area contributed by atoms with E-state index >= 15 is 0 Å². The van der Waals surface area contributed by atoms with Gasteiger partial charge < -0.3 is 9.32 Å². The van der Waals surface area contributed by atoms with E-state index < -0.39 is 0 Å². The Morgan fingerprint density at radius 2 is 1.02 bits per heavy atom. The molecule has 9 aromatic rings. The van der Waals surface area contributed by atoms with Crippen molar-refractivity contribution in [2.45, 2.75) is 19.3 Å². The zero-order valence-corrected chi connectivity index (χ0v) is 28.6. The van der Waals surface area contributed by atoms with Crippen molar-refractivity contribution in [3.8, 4) is 33.4 Å². The lowest BCUT2D eigenvalue weighted by Gasteiger charge is -2.31. The van der Waals surface area contributed by atoms with Crippen molar-refractivity contribution in [2.75, 3.05) is 4.90 Å². The summed E-state index contributed by atoms with van der Waals surface area (Å²) in [6, 6.07) is 63.7. The van der Waals surface area contributed by atoms with Crippen LogP contribution in [0.25, 0.3) is 66.1 Å². The monoisotopic (exact) mass is 653 g/mol. The van der Waals surface area contributed by atoms with E-state index in [2.05, 4.69) is 189 Å². The highest BCUT2D eigenvalue weighted by atomic mass is 16.3. The minimum absolute atomic E-state index is 0.133. The third-order valence-electron chi connectivity index (χ3n) is 10.9. The van der Waals surface area contributed by atoms with Crippen LogP contribution in [-0.2, 0) is 5.41 Å². The highest BCUT2D eigenvalue weighted by Gasteiger charge is 2.36. The molecule has 1 aromatic heterocycles. The summed E-state index contributed by atoms with van der Waals surface area (Å²) in [5, 5.41) is 4.51. The van der Waals surface area contributed by atoms with Gasteiger partial charge in [0.25, 0.3) is 0 Å². The maximum Gasteiger partial charge on any atom is 0.143 e. The smallest absolute Gasteiger partial charge is 0.143 e. The van der Waals surface area contributed by atoms with Crippen LogP contribution in [0.3, 0.4) is 0 Å². The molecule has 0 fully saturated rings. The number of furan rings is 1. The SMILES string of the molecule is CC1(C)c2ccccc2-c2ccc(N(c3ccccc3-c3ccccc3-c3ccccc3)c3cccc4c3ccc3c5ccccc5oc43)cc21. The summed E-state index contributed by atoms with van der Waals surface area (Å²) in [5.74, 6) is 0. The lowest BCUT2D eigenvalue weighted by atomic mass is 9.82. The standard InChI is InChI=1S/C49H35NO/c1-49(2)43-23-11-8-19-36(43)37-28-27-33(31-44(37)49)50(45-24-12-9-20-38(45)35-18-7-6-17-34(35)32-15-4-3-5-16-32)46-25-14-22-41-39(46)29-30-42-40-21-10-13-26-47(40)51-48(41)42/h3-31H,1-2H3. The van der Waals surface area contributed by atoms with E-state index in [4.69, 9.17) is 4.42 Å². The van der Waals surface area contributed by atoms with Crippen molar-refractivity contribution in [2.24, 2.45) is 0 Å². The molecule has 10 rings (SSSR count). The Bertz CT molecular complexity index is 2790. The molecule has 0 spiro atoms. The number of anilines is 3. The largest absolute Gasteiger partial charge is 0.455 e. The first-order chi connectivity index (χ1) is 25.1. The van der Waals surface area contributed by atoms with Crippen molar-refractivity contribution in [3.63, 3.8) is 0 Å². The second-order valence-electron chi connectivity index (χ2n) is 14.1. The van der Waals surface area contributed by atoms with Crippen molar-refractivity contribution in [3.05, 3.63) is 187 Å². The summed E-state index contributed by atoms with van der Waals surface area (Å²) in [6.45, 7) is 4.71. The van der Waals surface area contributed by atoms with Gasteiger partial charge in [-0.25, -0.2) is 0 Å². The number of benzene rings is 8. The molecular formula is C49H35NO. The molecule has 0 atom stereocenters. The number of nitrogens with zero attached hydrogens (tertiary/aromatic N) is 1. The van der Waals surface area contributed by atoms with Crippen LogP contribution in [0, 0.1) is 0 Å². The molecule has 242 valence electrons. The van der Waals surface area contributed by atoms with E-state index in [0.29, 0.717) is 0 Å². The average Bonchev–Trinajstić information content (AvgIpc) is 3.68. The molecule has 0 radical (unpaired) electrons. The van der Waals surface area contributed by atoms with Crippen LogP contribution in [0.2, 0.25) is 0 Å². The van der Waals surface area contributed by atoms with E-state index in [-0.39, 0.29) is 5.41 Å². The average molecular weight is 654 g/mol. The minimum atomic E-state index is -0.133. The number of rotatable bonds is 5.